The first-order valence-corrected chi connectivity index (χ1v) is 10.9. The number of hydrogen-bond acceptors (Lipinski definition) is 4. The van der Waals surface area contributed by atoms with Crippen LogP contribution >= 0.6 is 0 Å². The van der Waals surface area contributed by atoms with Gasteiger partial charge in [-0.25, -0.2) is 4.79 Å². The summed E-state index contributed by atoms with van der Waals surface area (Å²) in [5.41, 5.74) is 3.87. The molecule has 0 saturated carbocycles. The Morgan fingerprint density at radius 1 is 1.07 bits per heavy atom. The third-order valence-corrected chi connectivity index (χ3v) is 5.95. The summed E-state index contributed by atoms with van der Waals surface area (Å²) in [6, 6.07) is 4.08. The number of hydrogen-bond donors (Lipinski definition) is 0. The molecule has 0 aromatic heterocycles. The predicted molar refractivity (Wildman–Crippen MR) is 113 cm³/mol. The van der Waals surface area contributed by atoms with E-state index in [1.165, 1.54) is 5.56 Å². The summed E-state index contributed by atoms with van der Waals surface area (Å²) in [5, 5.41) is 0. The zero-order valence-corrected chi connectivity index (χ0v) is 18.7. The van der Waals surface area contributed by atoms with Crippen LogP contribution in [0.25, 0.3) is 0 Å². The van der Waals surface area contributed by atoms with E-state index in [9.17, 15) is 9.59 Å². The third-order valence-electron chi connectivity index (χ3n) is 5.95. The van der Waals surface area contributed by atoms with E-state index in [1.807, 2.05) is 25.7 Å². The molecule has 2 unspecified atom stereocenters. The fraction of sp³-hybridized carbons (Fsp3) is 0.667. The molecule has 1 amide bonds. The van der Waals surface area contributed by atoms with Crippen LogP contribution in [0, 0.1) is 12.8 Å². The Bertz CT molecular complexity index is 741. The second kappa shape index (κ2) is 8.47. The Labute approximate surface area is 174 Å². The van der Waals surface area contributed by atoms with Gasteiger partial charge in [0.2, 0.25) is 0 Å². The number of carbonyl (C=O) groups is 2. The van der Waals surface area contributed by atoms with E-state index in [2.05, 4.69) is 32.9 Å². The van der Waals surface area contributed by atoms with Gasteiger partial charge in [0.15, 0.2) is 5.78 Å². The highest BCUT2D eigenvalue weighted by Crippen LogP contribution is 2.36. The first kappa shape index (κ1) is 21.8. The number of carbonyl (C=O) groups excluding carboxylic acids is 2. The smallest absolute Gasteiger partial charge is 0.410 e. The average Bonchev–Trinajstić information content (AvgIpc) is 2.64. The maximum Gasteiger partial charge on any atom is 0.410 e. The van der Waals surface area contributed by atoms with Crippen molar-refractivity contribution in [2.45, 2.75) is 84.9 Å². The summed E-state index contributed by atoms with van der Waals surface area (Å²) in [6.45, 7) is 12.9. The maximum atomic E-state index is 13.6. The molecule has 0 N–H and O–H groups in total. The molecule has 2 aliphatic heterocycles. The first-order valence-electron chi connectivity index (χ1n) is 10.9. The largest absolute Gasteiger partial charge is 0.444 e. The zero-order chi connectivity index (χ0) is 21.3. The minimum Gasteiger partial charge on any atom is -0.444 e. The fourth-order valence-electron chi connectivity index (χ4n) is 4.76. The van der Waals surface area contributed by atoms with Gasteiger partial charge in [0, 0.05) is 11.5 Å². The third kappa shape index (κ3) is 4.66. The lowest BCUT2D eigenvalue weighted by atomic mass is 9.78. The Balaban J connectivity index is 1.85. The molecule has 2 bridgehead atoms. The molecule has 2 heterocycles. The van der Waals surface area contributed by atoms with Gasteiger partial charge >= 0.3 is 6.09 Å². The molecule has 29 heavy (non-hydrogen) atoms. The van der Waals surface area contributed by atoms with Crippen LogP contribution in [-0.4, -0.2) is 47.7 Å². The van der Waals surface area contributed by atoms with E-state index in [-0.39, 0.29) is 29.9 Å². The standard InChI is InChI=1S/C24H35NO4/c1-7-16-9-15(3)10-17(8-2)21(16)22(26)18-11-19-13-28-14-20(12-18)25(19)23(27)29-24(4,5)6/h9-10,18-20H,7-8,11-14H2,1-6H3. The number of rotatable bonds is 4. The SMILES string of the molecule is CCc1cc(C)cc(CC)c1C(=O)C1CC2COCC(C1)N2C(=O)OC(C)(C)C. The number of fused-ring (bicyclic) bond motifs is 2. The quantitative estimate of drug-likeness (QED) is 0.685. The highest BCUT2D eigenvalue weighted by molar-refractivity contribution is 6.01. The lowest BCUT2D eigenvalue weighted by Gasteiger charge is -2.48. The molecule has 160 valence electrons. The summed E-state index contributed by atoms with van der Waals surface area (Å²) in [6.07, 6.45) is 2.68. The molecule has 2 aliphatic rings. The van der Waals surface area contributed by atoms with Crippen molar-refractivity contribution in [2.24, 2.45) is 5.92 Å². The van der Waals surface area contributed by atoms with Crippen LogP contribution in [0.15, 0.2) is 12.1 Å². The molecule has 0 radical (unpaired) electrons. The summed E-state index contributed by atoms with van der Waals surface area (Å²) in [7, 11) is 0. The average molecular weight is 402 g/mol. The number of nitrogens with zero attached hydrogens (tertiary/aromatic N) is 1. The number of amides is 1. The van der Waals surface area contributed by atoms with E-state index < -0.39 is 5.60 Å². The van der Waals surface area contributed by atoms with E-state index in [0.29, 0.717) is 26.1 Å². The van der Waals surface area contributed by atoms with Gasteiger partial charge in [-0.1, -0.05) is 31.5 Å². The topological polar surface area (TPSA) is 55.8 Å². The van der Waals surface area contributed by atoms with Crippen molar-refractivity contribution in [3.63, 3.8) is 0 Å². The van der Waals surface area contributed by atoms with Gasteiger partial charge < -0.3 is 9.47 Å². The lowest BCUT2D eigenvalue weighted by molar-refractivity contribution is -0.0861. The van der Waals surface area contributed by atoms with Crippen molar-refractivity contribution < 1.29 is 19.1 Å². The minimum absolute atomic E-state index is 0.0779. The van der Waals surface area contributed by atoms with Crippen LogP contribution in [0.2, 0.25) is 0 Å². The molecule has 2 fully saturated rings. The van der Waals surface area contributed by atoms with E-state index in [1.54, 1.807) is 0 Å². The number of morpholine rings is 1. The van der Waals surface area contributed by atoms with Crippen molar-refractivity contribution in [1.29, 1.82) is 0 Å². The highest BCUT2D eigenvalue weighted by atomic mass is 16.6. The molecule has 5 nitrogen and oxygen atoms in total. The monoisotopic (exact) mass is 401 g/mol. The molecule has 3 rings (SSSR count). The maximum absolute atomic E-state index is 13.6. The molecule has 0 spiro atoms. The van der Waals surface area contributed by atoms with Crippen LogP contribution in [0.5, 0.6) is 0 Å². The van der Waals surface area contributed by atoms with Crippen molar-refractivity contribution in [3.8, 4) is 0 Å². The number of aryl methyl sites for hydroxylation is 3. The fourth-order valence-corrected chi connectivity index (χ4v) is 4.76. The van der Waals surface area contributed by atoms with E-state index in [4.69, 9.17) is 9.47 Å². The van der Waals surface area contributed by atoms with Crippen LogP contribution in [-0.2, 0) is 22.3 Å². The Morgan fingerprint density at radius 2 is 1.59 bits per heavy atom. The second-order valence-corrected chi connectivity index (χ2v) is 9.43. The Kier molecular flexibility index (Phi) is 6.37. The normalized spacial score (nSPS) is 24.3. The summed E-state index contributed by atoms with van der Waals surface area (Å²) < 4.78 is 11.4. The van der Waals surface area contributed by atoms with E-state index >= 15 is 0 Å². The number of ether oxygens (including phenoxy) is 2. The Hall–Kier alpha value is -1.88. The van der Waals surface area contributed by atoms with Gasteiger partial charge in [0.25, 0.3) is 0 Å². The summed E-state index contributed by atoms with van der Waals surface area (Å²) in [5.74, 6) is 0.158. The molecule has 2 saturated heterocycles. The number of benzene rings is 1. The second-order valence-electron chi connectivity index (χ2n) is 9.43. The highest BCUT2D eigenvalue weighted by Gasteiger charge is 2.45. The van der Waals surface area contributed by atoms with Crippen molar-refractivity contribution >= 4 is 11.9 Å². The van der Waals surface area contributed by atoms with Crippen LogP contribution < -0.4 is 0 Å². The summed E-state index contributed by atoms with van der Waals surface area (Å²) >= 11 is 0. The van der Waals surface area contributed by atoms with E-state index in [0.717, 1.165) is 29.5 Å². The number of piperidine rings is 1. The van der Waals surface area contributed by atoms with Crippen molar-refractivity contribution in [3.05, 3.63) is 34.4 Å². The number of Topliss-reactive ketones (excluding diaryl/α,β-unsaturated/α-hetero) is 1. The van der Waals surface area contributed by atoms with Gasteiger partial charge in [-0.3, -0.25) is 9.69 Å². The first-order chi connectivity index (χ1) is 13.6. The zero-order valence-electron chi connectivity index (χ0n) is 18.7. The molecule has 5 heteroatoms. The molecule has 2 atom stereocenters. The molecule has 0 aliphatic carbocycles. The van der Waals surface area contributed by atoms with Gasteiger partial charge in [-0.15, -0.1) is 0 Å². The van der Waals surface area contributed by atoms with Gasteiger partial charge in [-0.2, -0.15) is 0 Å². The van der Waals surface area contributed by atoms with Crippen molar-refractivity contribution in [2.75, 3.05) is 13.2 Å². The lowest BCUT2D eigenvalue weighted by Crippen LogP contribution is -2.60. The molecule has 1 aromatic rings. The van der Waals surface area contributed by atoms with Gasteiger partial charge in [-0.05, 0) is 64.5 Å². The van der Waals surface area contributed by atoms with Gasteiger partial charge in [0.1, 0.15) is 5.60 Å². The van der Waals surface area contributed by atoms with Crippen LogP contribution in [0.4, 0.5) is 4.79 Å². The summed E-state index contributed by atoms with van der Waals surface area (Å²) in [4.78, 5) is 28.2. The number of ketones is 1. The molecular formula is C24H35NO4. The van der Waals surface area contributed by atoms with Crippen LogP contribution in [0.3, 0.4) is 0 Å². The minimum atomic E-state index is -0.535. The predicted octanol–water partition coefficient (Wildman–Crippen LogP) is 4.72. The molecular weight excluding hydrogens is 366 g/mol. The Morgan fingerprint density at radius 3 is 2.03 bits per heavy atom. The van der Waals surface area contributed by atoms with Crippen LogP contribution in [0.1, 0.15) is 74.5 Å². The van der Waals surface area contributed by atoms with Crippen molar-refractivity contribution in [1.82, 2.24) is 4.90 Å². The molecule has 1 aromatic carbocycles. The van der Waals surface area contributed by atoms with Gasteiger partial charge in [0.05, 0.1) is 25.3 Å².